The van der Waals surface area contributed by atoms with Gasteiger partial charge in [0.15, 0.2) is 0 Å². The average molecular weight is 176 g/mol. The van der Waals surface area contributed by atoms with Gasteiger partial charge < -0.3 is 10.6 Å². The van der Waals surface area contributed by atoms with E-state index >= 15 is 0 Å². The standard InChI is InChI=1S/C10H12N2O/c1-12-9(6-11)7-4-2-3-5-8(7)10(12)13/h2-5,9H,6,11H2,1H3/t9-/m0/s1. The van der Waals surface area contributed by atoms with E-state index in [9.17, 15) is 4.79 Å². The summed E-state index contributed by atoms with van der Waals surface area (Å²) in [5, 5.41) is 0. The third-order valence-electron chi connectivity index (χ3n) is 2.56. The zero-order chi connectivity index (χ0) is 9.42. The van der Waals surface area contributed by atoms with Crippen LogP contribution >= 0.6 is 0 Å². The molecule has 3 nitrogen and oxygen atoms in total. The lowest BCUT2D eigenvalue weighted by molar-refractivity contribution is 0.0778. The Morgan fingerprint density at radius 2 is 2.15 bits per heavy atom. The summed E-state index contributed by atoms with van der Waals surface area (Å²) in [4.78, 5) is 13.3. The topological polar surface area (TPSA) is 46.3 Å². The Bertz CT molecular complexity index is 349. The Balaban J connectivity index is 2.53. The molecule has 13 heavy (non-hydrogen) atoms. The van der Waals surface area contributed by atoms with Crippen LogP contribution in [0.2, 0.25) is 0 Å². The van der Waals surface area contributed by atoms with Crippen LogP contribution in [0.3, 0.4) is 0 Å². The summed E-state index contributed by atoms with van der Waals surface area (Å²) in [6.45, 7) is 0.485. The molecule has 0 fully saturated rings. The first-order valence-corrected chi connectivity index (χ1v) is 4.32. The van der Waals surface area contributed by atoms with Crippen LogP contribution in [0.1, 0.15) is 22.0 Å². The maximum Gasteiger partial charge on any atom is 0.254 e. The molecule has 0 saturated carbocycles. The van der Waals surface area contributed by atoms with E-state index in [1.165, 1.54) is 0 Å². The molecule has 1 aliphatic rings. The van der Waals surface area contributed by atoms with Gasteiger partial charge >= 0.3 is 0 Å². The van der Waals surface area contributed by atoms with Gasteiger partial charge in [-0.2, -0.15) is 0 Å². The molecular formula is C10H12N2O. The van der Waals surface area contributed by atoms with Crippen molar-refractivity contribution in [1.82, 2.24) is 4.90 Å². The molecule has 0 unspecified atom stereocenters. The van der Waals surface area contributed by atoms with Crippen LogP contribution in [0, 0.1) is 0 Å². The molecule has 1 amide bonds. The highest BCUT2D eigenvalue weighted by atomic mass is 16.2. The van der Waals surface area contributed by atoms with Gasteiger partial charge in [0, 0.05) is 19.2 Å². The fourth-order valence-corrected chi connectivity index (χ4v) is 1.81. The summed E-state index contributed by atoms with van der Waals surface area (Å²) in [6.07, 6.45) is 0. The van der Waals surface area contributed by atoms with E-state index in [1.54, 1.807) is 11.9 Å². The van der Waals surface area contributed by atoms with Crippen LogP contribution in [0.25, 0.3) is 0 Å². The summed E-state index contributed by atoms with van der Waals surface area (Å²) in [7, 11) is 1.79. The van der Waals surface area contributed by atoms with Crippen molar-refractivity contribution in [3.05, 3.63) is 35.4 Å². The highest BCUT2D eigenvalue weighted by Gasteiger charge is 2.32. The van der Waals surface area contributed by atoms with Crippen molar-refractivity contribution in [1.29, 1.82) is 0 Å². The van der Waals surface area contributed by atoms with Crippen molar-refractivity contribution < 1.29 is 4.79 Å². The Labute approximate surface area is 77.1 Å². The second-order valence-electron chi connectivity index (χ2n) is 3.25. The smallest absolute Gasteiger partial charge is 0.254 e. The number of carbonyl (C=O) groups is 1. The molecule has 3 heteroatoms. The van der Waals surface area contributed by atoms with Crippen LogP contribution < -0.4 is 5.73 Å². The normalized spacial score (nSPS) is 20.6. The molecule has 1 aromatic carbocycles. The number of rotatable bonds is 1. The van der Waals surface area contributed by atoms with E-state index in [-0.39, 0.29) is 11.9 Å². The molecule has 2 rings (SSSR count). The minimum Gasteiger partial charge on any atom is -0.333 e. The number of hydrogen-bond donors (Lipinski definition) is 1. The first kappa shape index (κ1) is 8.26. The van der Waals surface area contributed by atoms with E-state index in [0.717, 1.165) is 11.1 Å². The molecule has 1 heterocycles. The molecule has 1 aliphatic heterocycles. The van der Waals surface area contributed by atoms with Gasteiger partial charge in [-0.1, -0.05) is 18.2 Å². The van der Waals surface area contributed by atoms with Gasteiger partial charge in [-0.05, 0) is 11.6 Å². The Morgan fingerprint density at radius 3 is 2.85 bits per heavy atom. The predicted octanol–water partition coefficient (Wildman–Crippen LogP) is 0.772. The molecule has 2 N–H and O–H groups in total. The third-order valence-corrected chi connectivity index (χ3v) is 2.56. The van der Waals surface area contributed by atoms with Crippen LogP contribution in [-0.2, 0) is 0 Å². The molecule has 0 bridgehead atoms. The number of hydrogen-bond acceptors (Lipinski definition) is 2. The van der Waals surface area contributed by atoms with Crippen molar-refractivity contribution in [2.45, 2.75) is 6.04 Å². The highest BCUT2D eigenvalue weighted by molar-refractivity contribution is 5.99. The van der Waals surface area contributed by atoms with Crippen molar-refractivity contribution >= 4 is 5.91 Å². The van der Waals surface area contributed by atoms with Crippen molar-refractivity contribution in [3.63, 3.8) is 0 Å². The Hall–Kier alpha value is -1.35. The lowest BCUT2D eigenvalue weighted by Crippen LogP contribution is -2.28. The third kappa shape index (κ3) is 1.04. The molecule has 1 aromatic rings. The molecule has 1 atom stereocenters. The van der Waals surface area contributed by atoms with Crippen LogP contribution in [0.4, 0.5) is 0 Å². The predicted molar refractivity (Wildman–Crippen MR) is 50.3 cm³/mol. The number of nitrogens with zero attached hydrogens (tertiary/aromatic N) is 1. The second kappa shape index (κ2) is 2.85. The Morgan fingerprint density at radius 1 is 1.46 bits per heavy atom. The molecule has 68 valence electrons. The number of benzene rings is 1. The molecule has 0 spiro atoms. The number of carbonyl (C=O) groups excluding carboxylic acids is 1. The van der Waals surface area contributed by atoms with Crippen molar-refractivity contribution in [3.8, 4) is 0 Å². The van der Waals surface area contributed by atoms with E-state index < -0.39 is 0 Å². The lowest BCUT2D eigenvalue weighted by atomic mass is 10.1. The maximum atomic E-state index is 11.6. The minimum atomic E-state index is 0.0590. The number of amides is 1. The van der Waals surface area contributed by atoms with Gasteiger partial charge in [0.25, 0.3) is 5.91 Å². The summed E-state index contributed by atoms with van der Waals surface area (Å²) < 4.78 is 0. The largest absolute Gasteiger partial charge is 0.333 e. The molecule has 0 aromatic heterocycles. The minimum absolute atomic E-state index is 0.0590. The first-order chi connectivity index (χ1) is 6.25. The fraction of sp³-hybridized carbons (Fsp3) is 0.300. The van der Waals surface area contributed by atoms with Crippen molar-refractivity contribution in [2.24, 2.45) is 5.73 Å². The highest BCUT2D eigenvalue weighted by Crippen LogP contribution is 2.30. The van der Waals surface area contributed by atoms with Gasteiger partial charge in [0.2, 0.25) is 0 Å². The second-order valence-corrected chi connectivity index (χ2v) is 3.25. The molecule has 0 saturated heterocycles. The summed E-state index contributed by atoms with van der Waals surface area (Å²) in [5.41, 5.74) is 7.45. The number of fused-ring (bicyclic) bond motifs is 1. The van der Waals surface area contributed by atoms with E-state index in [0.29, 0.717) is 6.54 Å². The zero-order valence-corrected chi connectivity index (χ0v) is 7.53. The average Bonchev–Trinajstić information content (AvgIpc) is 2.41. The monoisotopic (exact) mass is 176 g/mol. The molecule has 0 radical (unpaired) electrons. The van der Waals surface area contributed by atoms with Gasteiger partial charge in [-0.3, -0.25) is 4.79 Å². The van der Waals surface area contributed by atoms with Crippen LogP contribution in [-0.4, -0.2) is 24.4 Å². The van der Waals surface area contributed by atoms with E-state index in [1.807, 2.05) is 24.3 Å². The fourth-order valence-electron chi connectivity index (χ4n) is 1.81. The summed E-state index contributed by atoms with van der Waals surface area (Å²) >= 11 is 0. The zero-order valence-electron chi connectivity index (χ0n) is 7.53. The lowest BCUT2D eigenvalue weighted by Gasteiger charge is -2.18. The maximum absolute atomic E-state index is 11.6. The summed E-state index contributed by atoms with van der Waals surface area (Å²) in [6, 6.07) is 7.69. The first-order valence-electron chi connectivity index (χ1n) is 4.32. The van der Waals surface area contributed by atoms with Gasteiger partial charge in [0.05, 0.1) is 6.04 Å². The quantitative estimate of drug-likeness (QED) is 0.687. The molecule has 0 aliphatic carbocycles. The van der Waals surface area contributed by atoms with Crippen LogP contribution in [0.5, 0.6) is 0 Å². The Kier molecular flexibility index (Phi) is 1.81. The van der Waals surface area contributed by atoms with Crippen molar-refractivity contribution in [2.75, 3.05) is 13.6 Å². The summed E-state index contributed by atoms with van der Waals surface area (Å²) in [5.74, 6) is 0.0750. The van der Waals surface area contributed by atoms with E-state index in [4.69, 9.17) is 5.73 Å². The number of nitrogens with two attached hydrogens (primary N) is 1. The SMILES string of the molecule is CN1C(=O)c2ccccc2[C@@H]1CN. The van der Waals surface area contributed by atoms with Crippen LogP contribution in [0.15, 0.2) is 24.3 Å². The van der Waals surface area contributed by atoms with Gasteiger partial charge in [-0.15, -0.1) is 0 Å². The molecular weight excluding hydrogens is 164 g/mol. The van der Waals surface area contributed by atoms with Gasteiger partial charge in [0.1, 0.15) is 0 Å². The number of likely N-dealkylation sites (N-methyl/N-ethyl adjacent to an activating group) is 1. The van der Waals surface area contributed by atoms with Gasteiger partial charge in [-0.25, -0.2) is 0 Å². The van der Waals surface area contributed by atoms with E-state index in [2.05, 4.69) is 0 Å².